The minimum Gasteiger partial charge on any atom is -0.468 e. The van der Waals surface area contributed by atoms with Crippen LogP contribution in [0.4, 0.5) is 27.6 Å². The number of methoxy groups -OCH3 is 1. The lowest BCUT2D eigenvalue weighted by molar-refractivity contribution is -0.146. The number of rotatable bonds is 12. The number of carbonyl (C=O) groups excluding carboxylic acids is 2. The van der Waals surface area contributed by atoms with Gasteiger partial charge in [0.15, 0.2) is 28.2 Å². The Kier molecular flexibility index (Phi) is 11.7. The summed E-state index contributed by atoms with van der Waals surface area (Å²) in [6.45, 7) is 7.61. The zero-order chi connectivity index (χ0) is 39.9. The number of nitrogens with zero attached hydrogens (tertiary/aromatic N) is 2. The van der Waals surface area contributed by atoms with Crippen molar-refractivity contribution in [3.05, 3.63) is 129 Å². The van der Waals surface area contributed by atoms with Gasteiger partial charge in [-0.1, -0.05) is 74.8 Å². The molecule has 0 spiro atoms. The first-order valence-electron chi connectivity index (χ1n) is 17.1. The summed E-state index contributed by atoms with van der Waals surface area (Å²) >= 11 is 6.00. The summed E-state index contributed by atoms with van der Waals surface area (Å²) in [4.78, 5) is 26.2. The number of hydrogen-bond donors (Lipinski definition) is 0. The number of anilines is 1. The molecule has 0 atom stereocenters. The van der Waals surface area contributed by atoms with Gasteiger partial charge in [0.2, 0.25) is 21.7 Å². The zero-order valence-corrected chi connectivity index (χ0v) is 32.1. The van der Waals surface area contributed by atoms with Crippen LogP contribution in [0.3, 0.4) is 0 Å². The molecule has 14 heteroatoms. The zero-order valence-electron chi connectivity index (χ0n) is 30.6. The van der Waals surface area contributed by atoms with Gasteiger partial charge in [-0.15, -0.1) is 0 Å². The first-order valence-corrected chi connectivity index (χ1v) is 18.9. The number of esters is 1. The van der Waals surface area contributed by atoms with Gasteiger partial charge in [0.1, 0.15) is 0 Å². The molecule has 0 aromatic heterocycles. The Morgan fingerprint density at radius 2 is 1.31 bits per heavy atom. The second kappa shape index (κ2) is 15.4. The molecule has 1 fully saturated rings. The quantitative estimate of drug-likeness (QED) is 0.0619. The van der Waals surface area contributed by atoms with Gasteiger partial charge in [0, 0.05) is 17.3 Å². The first-order chi connectivity index (χ1) is 25.2. The molecule has 0 aliphatic heterocycles. The van der Waals surface area contributed by atoms with Gasteiger partial charge in [0.25, 0.3) is 0 Å². The van der Waals surface area contributed by atoms with E-state index >= 15 is 8.78 Å². The minimum atomic E-state index is -5.59. The highest BCUT2D eigenvalue weighted by Crippen LogP contribution is 2.42. The van der Waals surface area contributed by atoms with Crippen molar-refractivity contribution in [3.8, 4) is 0 Å². The monoisotopic (exact) mass is 790 g/mol. The Morgan fingerprint density at radius 3 is 1.83 bits per heavy atom. The summed E-state index contributed by atoms with van der Waals surface area (Å²) in [6, 6.07) is 18.0. The molecule has 0 radical (unpaired) electrons. The van der Waals surface area contributed by atoms with Gasteiger partial charge in [-0.25, -0.2) is 30.4 Å². The van der Waals surface area contributed by atoms with E-state index in [1.807, 2.05) is 32.9 Å². The number of amides is 1. The van der Waals surface area contributed by atoms with E-state index < -0.39 is 74.4 Å². The molecule has 288 valence electrons. The highest BCUT2D eigenvalue weighted by molar-refractivity contribution is 7.89. The van der Waals surface area contributed by atoms with Crippen LogP contribution >= 0.6 is 11.6 Å². The molecule has 1 amide bonds. The molecule has 0 unspecified atom stereocenters. The standard InChI is InChI=1S/C40H40ClF5N2O5S/c1-39(2,3)28-18-24(17-26(19-28)25-9-10-25)21-48(30-15-11-27(12-16-30)40(4,5)38(50)53-6)31(49)22-47(20-23-7-13-29(41)14-8-23)54(51,52)37-35(45)33(43)32(42)34(44)36(37)46/h7-8,11-19,25H,9-10,20-22H2,1-6H3. The van der Waals surface area contributed by atoms with Crippen molar-refractivity contribution in [2.75, 3.05) is 18.6 Å². The van der Waals surface area contributed by atoms with Crippen LogP contribution in [-0.4, -0.2) is 38.3 Å². The molecule has 1 aliphatic carbocycles. The lowest BCUT2D eigenvalue weighted by Gasteiger charge is -2.29. The number of ether oxygens (including phenoxy) is 1. The van der Waals surface area contributed by atoms with Gasteiger partial charge in [-0.3, -0.25) is 9.59 Å². The predicted molar refractivity (Wildman–Crippen MR) is 195 cm³/mol. The van der Waals surface area contributed by atoms with E-state index in [0.717, 1.165) is 24.0 Å². The molecule has 0 saturated heterocycles. The molecular weight excluding hydrogens is 751 g/mol. The SMILES string of the molecule is COC(=O)C(C)(C)c1ccc(N(Cc2cc(C3CC3)cc(C(C)(C)C)c2)C(=O)CN(Cc2ccc(Cl)cc2)S(=O)(=O)c2c(F)c(F)c(F)c(F)c2F)cc1. The Bertz CT molecular complexity index is 2160. The topological polar surface area (TPSA) is 84.0 Å². The lowest BCUT2D eigenvalue weighted by atomic mass is 9.84. The summed E-state index contributed by atoms with van der Waals surface area (Å²) in [5, 5.41) is 0.275. The lowest BCUT2D eigenvalue weighted by Crippen LogP contribution is -2.43. The summed E-state index contributed by atoms with van der Waals surface area (Å²) in [5.74, 6) is -13.6. The summed E-state index contributed by atoms with van der Waals surface area (Å²) in [6.07, 6.45) is 2.00. The highest BCUT2D eigenvalue weighted by atomic mass is 35.5. The molecule has 1 aliphatic rings. The van der Waals surface area contributed by atoms with Crippen molar-refractivity contribution >= 4 is 39.2 Å². The predicted octanol–water partition coefficient (Wildman–Crippen LogP) is 9.09. The third-order valence-corrected chi connectivity index (χ3v) is 11.6. The molecule has 0 N–H and O–H groups in total. The van der Waals surface area contributed by atoms with Crippen LogP contribution in [0.5, 0.6) is 0 Å². The first kappa shape index (κ1) is 40.8. The van der Waals surface area contributed by atoms with Crippen molar-refractivity contribution in [2.45, 2.75) is 82.2 Å². The van der Waals surface area contributed by atoms with E-state index in [9.17, 15) is 31.2 Å². The molecule has 0 heterocycles. The van der Waals surface area contributed by atoms with E-state index in [2.05, 4.69) is 6.07 Å². The highest BCUT2D eigenvalue weighted by Gasteiger charge is 2.39. The molecule has 0 bridgehead atoms. The second-order valence-corrected chi connectivity index (χ2v) is 17.2. The molecule has 54 heavy (non-hydrogen) atoms. The van der Waals surface area contributed by atoms with E-state index in [1.54, 1.807) is 38.1 Å². The van der Waals surface area contributed by atoms with Crippen molar-refractivity contribution in [3.63, 3.8) is 0 Å². The van der Waals surface area contributed by atoms with Crippen LogP contribution < -0.4 is 4.90 Å². The van der Waals surface area contributed by atoms with Crippen LogP contribution in [0.1, 0.15) is 81.2 Å². The summed E-state index contributed by atoms with van der Waals surface area (Å²) in [7, 11) is -4.32. The number of halogens is 6. The maximum Gasteiger partial charge on any atom is 0.315 e. The molecule has 4 aromatic carbocycles. The van der Waals surface area contributed by atoms with Crippen molar-refractivity contribution < 1.29 is 44.7 Å². The number of benzene rings is 4. The third-order valence-electron chi connectivity index (χ3n) is 9.52. The average Bonchev–Trinajstić information content (AvgIpc) is 3.98. The van der Waals surface area contributed by atoms with Crippen molar-refractivity contribution in [1.29, 1.82) is 0 Å². The Hall–Kier alpha value is -4.33. The molecule has 7 nitrogen and oxygen atoms in total. The van der Waals surface area contributed by atoms with Gasteiger partial charge in [-0.2, -0.15) is 4.31 Å². The van der Waals surface area contributed by atoms with E-state index in [4.69, 9.17) is 16.3 Å². The molecular formula is C40H40ClF5N2O5S. The fourth-order valence-corrected chi connectivity index (χ4v) is 7.64. The number of carbonyl (C=O) groups is 2. The fraction of sp³-hybridized carbons (Fsp3) is 0.350. The van der Waals surface area contributed by atoms with Crippen LogP contribution in [0.25, 0.3) is 0 Å². The Balaban J connectivity index is 1.63. The maximum absolute atomic E-state index is 15.1. The Morgan fingerprint density at radius 1 is 0.759 bits per heavy atom. The molecule has 4 aromatic rings. The van der Waals surface area contributed by atoms with E-state index in [0.29, 0.717) is 21.4 Å². The normalized spacial score (nSPS) is 13.6. The number of sulfonamides is 1. The number of hydrogen-bond acceptors (Lipinski definition) is 5. The van der Waals surface area contributed by atoms with Gasteiger partial charge in [-0.05, 0) is 90.1 Å². The second-order valence-electron chi connectivity index (χ2n) is 14.9. The summed E-state index contributed by atoms with van der Waals surface area (Å²) < 4.78 is 106. The van der Waals surface area contributed by atoms with Crippen LogP contribution in [-0.2, 0) is 48.3 Å². The maximum atomic E-state index is 15.1. The van der Waals surface area contributed by atoms with Crippen LogP contribution in [0.2, 0.25) is 5.02 Å². The van der Waals surface area contributed by atoms with Gasteiger partial charge >= 0.3 is 5.97 Å². The molecule has 5 rings (SSSR count). The summed E-state index contributed by atoms with van der Waals surface area (Å²) in [5.41, 5.74) is 2.48. The fourth-order valence-electron chi connectivity index (χ4n) is 6.03. The minimum absolute atomic E-state index is 0.0838. The van der Waals surface area contributed by atoms with Crippen LogP contribution in [0.15, 0.2) is 71.6 Å². The largest absolute Gasteiger partial charge is 0.468 e. The van der Waals surface area contributed by atoms with Crippen molar-refractivity contribution in [1.82, 2.24) is 4.31 Å². The van der Waals surface area contributed by atoms with E-state index in [-0.39, 0.29) is 28.2 Å². The van der Waals surface area contributed by atoms with Crippen molar-refractivity contribution in [2.24, 2.45) is 0 Å². The smallest absolute Gasteiger partial charge is 0.315 e. The van der Waals surface area contributed by atoms with Gasteiger partial charge < -0.3 is 9.64 Å². The molecule has 1 saturated carbocycles. The third kappa shape index (κ3) is 8.48. The van der Waals surface area contributed by atoms with Gasteiger partial charge in [0.05, 0.1) is 25.6 Å². The Labute approximate surface area is 316 Å². The van der Waals surface area contributed by atoms with E-state index in [1.165, 1.54) is 36.3 Å². The van der Waals surface area contributed by atoms with Crippen LogP contribution in [0, 0.1) is 29.1 Å². The average molecular weight is 791 g/mol.